The second-order valence-electron chi connectivity index (χ2n) is 5.64. The normalized spacial score (nSPS) is 14.6. The molecule has 1 aromatic rings. The van der Waals surface area contributed by atoms with Crippen molar-refractivity contribution in [1.82, 2.24) is 4.90 Å². The molecule has 1 unspecified atom stereocenters. The number of hydrogen-bond acceptors (Lipinski definition) is 2. The van der Waals surface area contributed by atoms with Gasteiger partial charge in [-0.05, 0) is 38.1 Å². The van der Waals surface area contributed by atoms with E-state index in [0.29, 0.717) is 6.54 Å². The van der Waals surface area contributed by atoms with Crippen molar-refractivity contribution in [3.8, 4) is 0 Å². The maximum Gasteiger partial charge on any atom is 0.123 e. The molecule has 0 bridgehead atoms. The number of nitrogens with two attached hydrogens (primary N) is 1. The van der Waals surface area contributed by atoms with Gasteiger partial charge in [-0.15, -0.1) is 0 Å². The number of hydrogen-bond donors (Lipinski definition) is 1. The fraction of sp³-hybridized carbons (Fsp3) is 0.625. The smallest absolute Gasteiger partial charge is 0.123 e. The zero-order valence-electron chi connectivity index (χ0n) is 12.5. The molecule has 0 aromatic heterocycles. The minimum Gasteiger partial charge on any atom is -0.329 e. The summed E-state index contributed by atoms with van der Waals surface area (Å²) in [7, 11) is 2.07. The van der Waals surface area contributed by atoms with Crippen LogP contribution in [0.4, 0.5) is 4.39 Å². The summed E-state index contributed by atoms with van der Waals surface area (Å²) < 4.78 is 13.2. The first-order chi connectivity index (χ1) is 9.01. The number of likely N-dealkylation sites (N-methyl/N-ethyl adjacent to an activating group) is 1. The van der Waals surface area contributed by atoms with Crippen molar-refractivity contribution < 1.29 is 4.39 Å². The molecule has 1 rings (SSSR count). The fourth-order valence-electron chi connectivity index (χ4n) is 2.30. The average molecular weight is 266 g/mol. The van der Waals surface area contributed by atoms with Crippen LogP contribution in [0.1, 0.15) is 45.1 Å². The van der Waals surface area contributed by atoms with Crippen molar-refractivity contribution in [2.75, 3.05) is 13.6 Å². The predicted octanol–water partition coefficient (Wildman–Crippen LogP) is 3.56. The summed E-state index contributed by atoms with van der Waals surface area (Å²) in [5.41, 5.74) is 6.94. The molecule has 0 saturated heterocycles. The minimum atomic E-state index is -0.175. The molecule has 0 heterocycles. The standard InChI is InChI=1S/C16H27FN2/c1-4-5-6-10-16(2,13-18)19(3)12-14-8-7-9-15(17)11-14/h7-9,11H,4-6,10,12-13,18H2,1-3H3. The van der Waals surface area contributed by atoms with Crippen LogP contribution in [0.2, 0.25) is 0 Å². The fourth-order valence-corrected chi connectivity index (χ4v) is 2.30. The summed E-state index contributed by atoms with van der Waals surface area (Å²) in [5, 5.41) is 0. The van der Waals surface area contributed by atoms with Gasteiger partial charge in [-0.1, -0.05) is 38.3 Å². The largest absolute Gasteiger partial charge is 0.329 e. The van der Waals surface area contributed by atoms with E-state index >= 15 is 0 Å². The highest BCUT2D eigenvalue weighted by atomic mass is 19.1. The van der Waals surface area contributed by atoms with E-state index in [1.807, 2.05) is 6.07 Å². The molecule has 0 fully saturated rings. The molecule has 0 saturated carbocycles. The Bertz CT molecular complexity index is 381. The van der Waals surface area contributed by atoms with E-state index in [2.05, 4.69) is 25.8 Å². The number of benzene rings is 1. The molecular formula is C16H27FN2. The Morgan fingerprint density at radius 1 is 1.32 bits per heavy atom. The highest BCUT2D eigenvalue weighted by molar-refractivity contribution is 5.16. The summed E-state index contributed by atoms with van der Waals surface area (Å²) in [6.45, 7) is 5.76. The molecule has 0 radical (unpaired) electrons. The Morgan fingerprint density at radius 2 is 2.05 bits per heavy atom. The molecule has 108 valence electrons. The lowest BCUT2D eigenvalue weighted by molar-refractivity contribution is 0.122. The minimum absolute atomic E-state index is 0.0124. The Balaban J connectivity index is 2.64. The van der Waals surface area contributed by atoms with Crippen molar-refractivity contribution >= 4 is 0 Å². The van der Waals surface area contributed by atoms with Crippen LogP contribution in [0.5, 0.6) is 0 Å². The molecular weight excluding hydrogens is 239 g/mol. The molecule has 0 aliphatic heterocycles. The van der Waals surface area contributed by atoms with Gasteiger partial charge in [0.05, 0.1) is 0 Å². The number of unbranched alkanes of at least 4 members (excludes halogenated alkanes) is 2. The van der Waals surface area contributed by atoms with Gasteiger partial charge in [0.25, 0.3) is 0 Å². The Labute approximate surface area is 116 Å². The van der Waals surface area contributed by atoms with E-state index in [1.54, 1.807) is 12.1 Å². The number of halogens is 1. The third kappa shape index (κ3) is 4.92. The quantitative estimate of drug-likeness (QED) is 0.729. The highest BCUT2D eigenvalue weighted by Gasteiger charge is 2.27. The van der Waals surface area contributed by atoms with Crippen LogP contribution in [-0.4, -0.2) is 24.0 Å². The lowest BCUT2D eigenvalue weighted by atomic mass is 9.92. The van der Waals surface area contributed by atoms with Gasteiger partial charge < -0.3 is 5.73 Å². The first kappa shape index (κ1) is 16.1. The highest BCUT2D eigenvalue weighted by Crippen LogP contribution is 2.22. The van der Waals surface area contributed by atoms with E-state index < -0.39 is 0 Å². The molecule has 0 aliphatic carbocycles. The summed E-state index contributed by atoms with van der Waals surface area (Å²) in [5.74, 6) is -0.175. The van der Waals surface area contributed by atoms with Gasteiger partial charge in [-0.2, -0.15) is 0 Å². The lowest BCUT2D eigenvalue weighted by Crippen LogP contribution is -2.49. The molecule has 19 heavy (non-hydrogen) atoms. The Morgan fingerprint density at radius 3 is 2.63 bits per heavy atom. The van der Waals surface area contributed by atoms with Gasteiger partial charge in [-0.3, -0.25) is 4.90 Å². The van der Waals surface area contributed by atoms with Crippen molar-refractivity contribution in [3.05, 3.63) is 35.6 Å². The monoisotopic (exact) mass is 266 g/mol. The summed E-state index contributed by atoms with van der Waals surface area (Å²) in [6.07, 6.45) is 4.73. The zero-order valence-corrected chi connectivity index (χ0v) is 12.5. The van der Waals surface area contributed by atoms with E-state index in [9.17, 15) is 4.39 Å². The number of rotatable bonds is 8. The van der Waals surface area contributed by atoms with Crippen LogP contribution in [0.3, 0.4) is 0 Å². The molecule has 3 heteroatoms. The van der Waals surface area contributed by atoms with Crippen LogP contribution in [0.15, 0.2) is 24.3 Å². The summed E-state index contributed by atoms with van der Waals surface area (Å²) in [6, 6.07) is 6.80. The van der Waals surface area contributed by atoms with Gasteiger partial charge in [0.15, 0.2) is 0 Å². The third-order valence-electron chi connectivity index (χ3n) is 3.99. The van der Waals surface area contributed by atoms with Crippen molar-refractivity contribution in [2.24, 2.45) is 5.73 Å². The van der Waals surface area contributed by atoms with E-state index in [4.69, 9.17) is 5.73 Å². The Hall–Kier alpha value is -0.930. The van der Waals surface area contributed by atoms with Gasteiger partial charge >= 0.3 is 0 Å². The maximum atomic E-state index is 13.2. The van der Waals surface area contributed by atoms with Gasteiger partial charge in [0.2, 0.25) is 0 Å². The molecule has 2 nitrogen and oxygen atoms in total. The van der Waals surface area contributed by atoms with Gasteiger partial charge in [-0.25, -0.2) is 4.39 Å². The van der Waals surface area contributed by atoms with Gasteiger partial charge in [0.1, 0.15) is 5.82 Å². The van der Waals surface area contributed by atoms with Gasteiger partial charge in [0, 0.05) is 18.6 Å². The SMILES string of the molecule is CCCCCC(C)(CN)N(C)Cc1cccc(F)c1. The zero-order chi connectivity index (χ0) is 14.3. The topological polar surface area (TPSA) is 29.3 Å². The third-order valence-corrected chi connectivity index (χ3v) is 3.99. The second kappa shape index (κ2) is 7.61. The molecule has 2 N–H and O–H groups in total. The summed E-state index contributed by atoms with van der Waals surface area (Å²) in [4.78, 5) is 2.25. The molecule has 0 aliphatic rings. The van der Waals surface area contributed by atoms with Crippen LogP contribution in [0.25, 0.3) is 0 Å². The molecule has 0 spiro atoms. The average Bonchev–Trinajstić information content (AvgIpc) is 2.38. The van der Waals surface area contributed by atoms with Crippen LogP contribution < -0.4 is 5.73 Å². The van der Waals surface area contributed by atoms with E-state index in [1.165, 1.54) is 25.3 Å². The molecule has 0 amide bonds. The van der Waals surface area contributed by atoms with E-state index in [0.717, 1.165) is 18.5 Å². The van der Waals surface area contributed by atoms with Crippen LogP contribution >= 0.6 is 0 Å². The predicted molar refractivity (Wildman–Crippen MR) is 79.5 cm³/mol. The molecule has 1 aromatic carbocycles. The number of nitrogens with zero attached hydrogens (tertiary/aromatic N) is 1. The molecule has 1 atom stereocenters. The van der Waals surface area contributed by atoms with E-state index in [-0.39, 0.29) is 11.4 Å². The van der Waals surface area contributed by atoms with Crippen LogP contribution in [-0.2, 0) is 6.54 Å². The van der Waals surface area contributed by atoms with Crippen molar-refractivity contribution in [2.45, 2.75) is 51.6 Å². The second-order valence-corrected chi connectivity index (χ2v) is 5.64. The first-order valence-electron chi connectivity index (χ1n) is 7.17. The van der Waals surface area contributed by atoms with Crippen LogP contribution in [0, 0.1) is 5.82 Å². The first-order valence-corrected chi connectivity index (χ1v) is 7.17. The lowest BCUT2D eigenvalue weighted by Gasteiger charge is -2.38. The maximum absolute atomic E-state index is 13.2. The summed E-state index contributed by atoms with van der Waals surface area (Å²) >= 11 is 0. The van der Waals surface area contributed by atoms with Crippen molar-refractivity contribution in [1.29, 1.82) is 0 Å². The Kier molecular flexibility index (Phi) is 6.46. The van der Waals surface area contributed by atoms with Crippen molar-refractivity contribution in [3.63, 3.8) is 0 Å².